The predicted molar refractivity (Wildman–Crippen MR) is 135 cm³/mol. The molecule has 0 heterocycles. The number of hydrogen-bond donors (Lipinski definition) is 0. The van der Waals surface area contributed by atoms with Gasteiger partial charge in [-0.05, 0) is 44.0 Å². The smallest absolute Gasteiger partial charge is 0.0105 e. The molecular weight excluding hydrogens is 457 g/mol. The van der Waals surface area contributed by atoms with E-state index in [9.17, 15) is 0 Å². The third-order valence-corrected chi connectivity index (χ3v) is 6.28. The Labute approximate surface area is 217 Å². The van der Waals surface area contributed by atoms with Crippen LogP contribution in [0, 0.1) is 6.08 Å². The van der Waals surface area contributed by atoms with Crippen molar-refractivity contribution in [2.24, 2.45) is 0 Å². The van der Waals surface area contributed by atoms with E-state index in [1.54, 1.807) is 11.1 Å². The number of allylic oxidation sites excluding steroid dienone is 3. The number of hydrogen-bond acceptors (Lipinski definition) is 1. The molecule has 0 N–H and O–H groups in total. The van der Waals surface area contributed by atoms with Crippen LogP contribution in [-0.2, 0) is 21.7 Å². The third kappa shape index (κ3) is 7.91. The second-order valence-electron chi connectivity index (χ2n) is 8.51. The molecule has 3 unspecified atom stereocenters. The molecule has 0 amide bonds. The van der Waals surface area contributed by atoms with E-state index in [1.165, 1.54) is 16.7 Å². The predicted octanol–water partition coefficient (Wildman–Crippen LogP) is 7.60. The molecule has 0 fully saturated rings. The monoisotopic (exact) mass is 492 g/mol. The zero-order valence-electron chi connectivity index (χ0n) is 19.4. The molecular formula is C27H36Cl2NTi-. The summed E-state index contributed by atoms with van der Waals surface area (Å²) in [5.74, 6) is 1.03. The molecule has 0 saturated heterocycles. The molecule has 1 aliphatic rings. The van der Waals surface area contributed by atoms with Crippen LogP contribution in [0.25, 0.3) is 0 Å². The van der Waals surface area contributed by atoms with Crippen LogP contribution in [0.2, 0.25) is 0 Å². The Bertz CT molecular complexity index is 831. The van der Waals surface area contributed by atoms with Gasteiger partial charge in [-0.2, -0.15) is 5.57 Å². The van der Waals surface area contributed by atoms with Crippen LogP contribution in [0.4, 0.5) is 0 Å². The standard InChI is InChI=1S/C27H34N.2ClH.Ti/c1-20(23-12-8-6-9-13-23)18-25-16-17-26(22(3)28(4)5)27(25)19-21(2)24-14-10-7-11-15-24;;;/h6-15,20-22H,17-19H2,1-5H3;2*1H;/q-1;;;. The fourth-order valence-corrected chi connectivity index (χ4v) is 4.18. The van der Waals surface area contributed by atoms with Gasteiger partial charge in [0, 0.05) is 27.8 Å². The van der Waals surface area contributed by atoms with Gasteiger partial charge in [0.15, 0.2) is 0 Å². The minimum Gasteiger partial charge on any atom is -0.305 e. The minimum absolute atomic E-state index is 0. The van der Waals surface area contributed by atoms with E-state index in [2.05, 4.69) is 107 Å². The number of rotatable bonds is 8. The van der Waals surface area contributed by atoms with Crippen LogP contribution in [0.5, 0.6) is 0 Å². The first-order chi connectivity index (χ1) is 13.5. The molecule has 0 aromatic heterocycles. The van der Waals surface area contributed by atoms with Crippen molar-refractivity contribution >= 4 is 24.8 Å². The largest absolute Gasteiger partial charge is 0.305 e. The molecule has 31 heavy (non-hydrogen) atoms. The Hall–Kier alpha value is -0.826. The third-order valence-electron chi connectivity index (χ3n) is 6.28. The van der Waals surface area contributed by atoms with E-state index in [0.717, 1.165) is 19.3 Å². The molecule has 2 aromatic carbocycles. The summed E-state index contributed by atoms with van der Waals surface area (Å²) < 4.78 is 0. The van der Waals surface area contributed by atoms with Gasteiger partial charge < -0.3 is 4.90 Å². The van der Waals surface area contributed by atoms with E-state index < -0.39 is 0 Å². The first kappa shape index (κ1) is 30.2. The molecule has 3 atom stereocenters. The van der Waals surface area contributed by atoms with Crippen molar-refractivity contribution in [2.45, 2.75) is 57.9 Å². The second kappa shape index (κ2) is 14.3. The van der Waals surface area contributed by atoms with Crippen molar-refractivity contribution in [1.82, 2.24) is 4.90 Å². The van der Waals surface area contributed by atoms with Gasteiger partial charge in [-0.1, -0.05) is 87.4 Å². The summed E-state index contributed by atoms with van der Waals surface area (Å²) in [5, 5.41) is 0. The van der Waals surface area contributed by atoms with E-state index in [-0.39, 0.29) is 46.5 Å². The van der Waals surface area contributed by atoms with E-state index in [1.807, 2.05) is 0 Å². The van der Waals surface area contributed by atoms with E-state index in [0.29, 0.717) is 17.9 Å². The fraction of sp³-hybridized carbons (Fsp3) is 0.407. The van der Waals surface area contributed by atoms with Crippen molar-refractivity contribution in [1.29, 1.82) is 0 Å². The summed E-state index contributed by atoms with van der Waals surface area (Å²) in [5.41, 5.74) is 7.40. The second-order valence-corrected chi connectivity index (χ2v) is 8.51. The maximum Gasteiger partial charge on any atom is 0.0105 e. The quantitative estimate of drug-likeness (QED) is 0.271. The van der Waals surface area contributed by atoms with Gasteiger partial charge in [0.25, 0.3) is 0 Å². The van der Waals surface area contributed by atoms with Crippen molar-refractivity contribution < 1.29 is 21.7 Å². The summed E-state index contributed by atoms with van der Waals surface area (Å²) in [4.78, 5) is 2.33. The Balaban J connectivity index is 0.00000300. The topological polar surface area (TPSA) is 3.24 Å². The van der Waals surface area contributed by atoms with Gasteiger partial charge in [0.1, 0.15) is 0 Å². The molecule has 0 saturated carbocycles. The van der Waals surface area contributed by atoms with Crippen LogP contribution >= 0.6 is 24.8 Å². The van der Waals surface area contributed by atoms with Crippen molar-refractivity contribution in [3.63, 3.8) is 0 Å². The molecule has 168 valence electrons. The van der Waals surface area contributed by atoms with Crippen LogP contribution in [-0.4, -0.2) is 25.0 Å². The SMILES string of the molecule is CC(CC1=[C-]CC(C(C)N(C)C)=C1CC(C)c1ccccc1)c1ccccc1.Cl.Cl.[Ti]. The first-order valence-corrected chi connectivity index (χ1v) is 10.6. The van der Waals surface area contributed by atoms with Gasteiger partial charge in [-0.25, -0.2) is 5.57 Å². The molecule has 1 aliphatic carbocycles. The maximum absolute atomic E-state index is 3.77. The van der Waals surface area contributed by atoms with Crippen molar-refractivity contribution in [3.8, 4) is 0 Å². The van der Waals surface area contributed by atoms with Gasteiger partial charge in [0.2, 0.25) is 0 Å². The molecule has 4 heteroatoms. The summed E-state index contributed by atoms with van der Waals surface area (Å²) in [6.07, 6.45) is 6.92. The molecule has 0 spiro atoms. The minimum atomic E-state index is 0. The van der Waals surface area contributed by atoms with Gasteiger partial charge in [-0.15, -0.1) is 36.8 Å². The van der Waals surface area contributed by atoms with Gasteiger partial charge in [0.05, 0.1) is 0 Å². The average molecular weight is 493 g/mol. The molecule has 2 aromatic rings. The maximum atomic E-state index is 3.77. The number of benzene rings is 2. The molecule has 0 bridgehead atoms. The van der Waals surface area contributed by atoms with Crippen LogP contribution in [0.15, 0.2) is 77.4 Å². The fourth-order valence-electron chi connectivity index (χ4n) is 4.18. The van der Waals surface area contributed by atoms with Gasteiger partial charge >= 0.3 is 0 Å². The van der Waals surface area contributed by atoms with Crippen molar-refractivity contribution in [2.75, 3.05) is 14.1 Å². The zero-order chi connectivity index (χ0) is 20.1. The molecule has 0 aliphatic heterocycles. The number of halogens is 2. The zero-order valence-corrected chi connectivity index (χ0v) is 22.6. The normalized spacial score (nSPS) is 15.9. The molecule has 1 nitrogen and oxygen atoms in total. The van der Waals surface area contributed by atoms with E-state index >= 15 is 0 Å². The summed E-state index contributed by atoms with van der Waals surface area (Å²) in [6.45, 7) is 7.03. The first-order valence-electron chi connectivity index (χ1n) is 10.6. The molecule has 0 radical (unpaired) electrons. The number of likely N-dealkylation sites (N-methyl/N-ethyl adjacent to an activating group) is 1. The Kier molecular flexibility index (Phi) is 14.0. The Morgan fingerprint density at radius 1 is 0.774 bits per heavy atom. The Morgan fingerprint density at radius 3 is 1.68 bits per heavy atom. The number of nitrogens with zero attached hydrogens (tertiary/aromatic N) is 1. The average Bonchev–Trinajstić information content (AvgIpc) is 3.10. The van der Waals surface area contributed by atoms with E-state index in [4.69, 9.17) is 0 Å². The van der Waals surface area contributed by atoms with Crippen molar-refractivity contribution in [3.05, 3.63) is 94.6 Å². The van der Waals surface area contributed by atoms with Crippen LogP contribution < -0.4 is 0 Å². The van der Waals surface area contributed by atoms with Crippen LogP contribution in [0.3, 0.4) is 0 Å². The molecule has 3 rings (SSSR count). The summed E-state index contributed by atoms with van der Waals surface area (Å²) in [6, 6.07) is 22.3. The van der Waals surface area contributed by atoms with Crippen LogP contribution in [0.1, 0.15) is 63.0 Å². The van der Waals surface area contributed by atoms with Gasteiger partial charge in [-0.3, -0.25) is 6.08 Å². The summed E-state index contributed by atoms with van der Waals surface area (Å²) in [7, 11) is 4.36. The Morgan fingerprint density at radius 2 is 1.23 bits per heavy atom. The summed E-state index contributed by atoms with van der Waals surface area (Å²) >= 11 is 0.